The maximum atomic E-state index is 13.7. The Kier molecular flexibility index (Phi) is 7.44. The van der Waals surface area contributed by atoms with Crippen LogP contribution >= 0.6 is 11.3 Å². The van der Waals surface area contributed by atoms with Gasteiger partial charge in [0.05, 0.1) is 16.1 Å². The number of nitrogens with zero attached hydrogens (tertiary/aromatic N) is 1. The molecule has 166 valence electrons. The molecule has 1 heterocycles. The number of carbonyl (C=O) groups is 1. The van der Waals surface area contributed by atoms with Crippen molar-refractivity contribution in [3.63, 3.8) is 0 Å². The van der Waals surface area contributed by atoms with Gasteiger partial charge in [-0.2, -0.15) is 0 Å². The van der Waals surface area contributed by atoms with Crippen molar-refractivity contribution in [1.29, 1.82) is 0 Å². The van der Waals surface area contributed by atoms with Crippen LogP contribution in [0, 0.1) is 5.92 Å². The fourth-order valence-electron chi connectivity index (χ4n) is 3.73. The van der Waals surface area contributed by atoms with Gasteiger partial charge in [-0.05, 0) is 56.5 Å². The standard InChI is InChI=1S/C23H25NO5S2.Na.H/c1-23(2,27)20-18-5-3-4-6-19(18)30-21(20)24(14-13-15-7-8-15)31(28,29)17-11-9-16(10-12-17)22(25)26;;/h3-6,9-12,15,27H,7-8,13-14H2,1-2H3,(H,25,26);;. The van der Waals surface area contributed by atoms with Crippen molar-refractivity contribution >= 4 is 72.0 Å². The van der Waals surface area contributed by atoms with Crippen molar-refractivity contribution in [3.8, 4) is 0 Å². The summed E-state index contributed by atoms with van der Waals surface area (Å²) in [5.74, 6) is -0.588. The Labute approximate surface area is 214 Å². The second kappa shape index (κ2) is 9.44. The number of sulfonamides is 1. The molecule has 2 aromatic carbocycles. The number of aromatic carboxylic acids is 1. The van der Waals surface area contributed by atoms with Crippen LogP contribution in [0.4, 0.5) is 5.00 Å². The molecule has 0 radical (unpaired) electrons. The molecule has 0 atom stereocenters. The van der Waals surface area contributed by atoms with E-state index in [0.717, 1.165) is 29.3 Å². The Morgan fingerprint density at radius 2 is 1.75 bits per heavy atom. The molecule has 0 saturated heterocycles. The molecular formula is C23H26NNaO5S2. The van der Waals surface area contributed by atoms with Gasteiger partial charge in [0.2, 0.25) is 0 Å². The van der Waals surface area contributed by atoms with Gasteiger partial charge in [0.1, 0.15) is 5.00 Å². The van der Waals surface area contributed by atoms with Crippen molar-refractivity contribution < 1.29 is 23.4 Å². The number of benzene rings is 2. The molecule has 0 amide bonds. The van der Waals surface area contributed by atoms with Crippen molar-refractivity contribution in [1.82, 2.24) is 0 Å². The second-order valence-corrected chi connectivity index (χ2v) is 11.4. The Bertz CT molecular complexity index is 1230. The van der Waals surface area contributed by atoms with Crippen LogP contribution in [0.2, 0.25) is 0 Å². The molecule has 9 heteroatoms. The number of carboxylic acid groups (broad SMARTS) is 1. The van der Waals surface area contributed by atoms with E-state index in [0.29, 0.717) is 23.0 Å². The molecule has 0 unspecified atom stereocenters. The topological polar surface area (TPSA) is 94.9 Å². The first-order valence-electron chi connectivity index (χ1n) is 10.2. The van der Waals surface area contributed by atoms with Crippen molar-refractivity contribution in [2.75, 3.05) is 10.8 Å². The average molecular weight is 484 g/mol. The second-order valence-electron chi connectivity index (χ2n) is 8.48. The zero-order chi connectivity index (χ0) is 22.4. The molecule has 2 N–H and O–H groups in total. The molecule has 1 aliphatic carbocycles. The molecule has 6 nitrogen and oxygen atoms in total. The molecular weight excluding hydrogens is 457 g/mol. The van der Waals surface area contributed by atoms with Gasteiger partial charge in [-0.25, -0.2) is 13.2 Å². The number of anilines is 1. The zero-order valence-electron chi connectivity index (χ0n) is 17.4. The SMILES string of the molecule is CC(C)(O)c1c(N(CCC2CC2)S(=O)(=O)c2ccc(C(=O)O)cc2)sc2ccccc12.[NaH]. The van der Waals surface area contributed by atoms with E-state index in [1.807, 2.05) is 24.3 Å². The van der Waals surface area contributed by atoms with Crippen molar-refractivity contribution in [2.45, 2.75) is 43.6 Å². The minimum absolute atomic E-state index is 0. The predicted molar refractivity (Wildman–Crippen MR) is 129 cm³/mol. The molecule has 1 aliphatic rings. The van der Waals surface area contributed by atoms with Gasteiger partial charge < -0.3 is 10.2 Å². The summed E-state index contributed by atoms with van der Waals surface area (Å²) in [4.78, 5) is 11.2. The average Bonchev–Trinajstić information content (AvgIpc) is 3.44. The number of aliphatic hydroxyl groups is 1. The van der Waals surface area contributed by atoms with E-state index in [1.54, 1.807) is 13.8 Å². The van der Waals surface area contributed by atoms with E-state index in [1.165, 1.54) is 39.9 Å². The number of hydrogen-bond donors (Lipinski definition) is 2. The molecule has 1 aromatic heterocycles. The summed E-state index contributed by atoms with van der Waals surface area (Å²) in [5, 5.41) is 21.4. The number of hydrogen-bond acceptors (Lipinski definition) is 5. The minimum atomic E-state index is -3.96. The van der Waals surface area contributed by atoms with E-state index >= 15 is 0 Å². The van der Waals surface area contributed by atoms with Crippen LogP contribution in [0.3, 0.4) is 0 Å². The first kappa shape index (κ1) is 25.2. The summed E-state index contributed by atoms with van der Waals surface area (Å²) in [6.45, 7) is 3.64. The van der Waals surface area contributed by atoms with Gasteiger partial charge in [-0.3, -0.25) is 4.31 Å². The molecule has 1 fully saturated rings. The van der Waals surface area contributed by atoms with Crippen LogP contribution in [0.5, 0.6) is 0 Å². The van der Waals surface area contributed by atoms with Crippen LogP contribution in [-0.4, -0.2) is 60.7 Å². The van der Waals surface area contributed by atoms with E-state index in [9.17, 15) is 18.3 Å². The molecule has 0 bridgehead atoms. The number of fused-ring (bicyclic) bond motifs is 1. The third-order valence-corrected chi connectivity index (χ3v) is 8.66. The first-order valence-corrected chi connectivity index (χ1v) is 12.4. The van der Waals surface area contributed by atoms with Crippen LogP contribution < -0.4 is 4.31 Å². The Morgan fingerprint density at radius 3 is 2.31 bits per heavy atom. The molecule has 1 saturated carbocycles. The van der Waals surface area contributed by atoms with Crippen LogP contribution in [0.1, 0.15) is 49.0 Å². The van der Waals surface area contributed by atoms with Crippen molar-refractivity contribution in [3.05, 3.63) is 59.7 Å². The van der Waals surface area contributed by atoms with Crippen molar-refractivity contribution in [2.24, 2.45) is 5.92 Å². The Balaban J connectivity index is 0.00000289. The quantitative estimate of drug-likeness (QED) is 0.469. The van der Waals surface area contributed by atoms with Gasteiger partial charge in [0.25, 0.3) is 10.0 Å². The van der Waals surface area contributed by atoms with E-state index in [4.69, 9.17) is 5.11 Å². The fraction of sp³-hybridized carbons (Fsp3) is 0.348. The van der Waals surface area contributed by atoms with E-state index in [2.05, 4.69) is 0 Å². The summed E-state index contributed by atoms with van der Waals surface area (Å²) in [6, 6.07) is 12.9. The fourth-order valence-corrected chi connectivity index (χ4v) is 6.82. The molecule has 32 heavy (non-hydrogen) atoms. The van der Waals surface area contributed by atoms with Crippen LogP contribution in [0.15, 0.2) is 53.4 Å². The monoisotopic (exact) mass is 483 g/mol. The third kappa shape index (κ3) is 5.05. The van der Waals surface area contributed by atoms with E-state index < -0.39 is 21.6 Å². The van der Waals surface area contributed by atoms with Gasteiger partial charge in [-0.15, -0.1) is 11.3 Å². The number of rotatable bonds is 8. The summed E-state index contributed by atoms with van der Waals surface area (Å²) >= 11 is 1.35. The van der Waals surface area contributed by atoms with Crippen LogP contribution in [-0.2, 0) is 15.6 Å². The summed E-state index contributed by atoms with van der Waals surface area (Å²) in [5.41, 5.74) is -0.618. The summed E-state index contributed by atoms with van der Waals surface area (Å²) < 4.78 is 29.7. The zero-order valence-corrected chi connectivity index (χ0v) is 19.0. The molecule has 3 aromatic rings. The molecule has 4 rings (SSSR count). The van der Waals surface area contributed by atoms with Gasteiger partial charge >= 0.3 is 35.5 Å². The van der Waals surface area contributed by atoms with Crippen LogP contribution in [0.25, 0.3) is 10.1 Å². The maximum absolute atomic E-state index is 13.7. The third-order valence-electron chi connectivity index (χ3n) is 5.54. The number of thiophene rings is 1. The summed E-state index contributed by atoms with van der Waals surface area (Å²) in [6.07, 6.45) is 2.95. The van der Waals surface area contributed by atoms with Gasteiger partial charge in [-0.1, -0.05) is 31.0 Å². The Morgan fingerprint density at radius 1 is 1.12 bits per heavy atom. The van der Waals surface area contributed by atoms with Gasteiger partial charge in [0.15, 0.2) is 0 Å². The summed E-state index contributed by atoms with van der Waals surface area (Å²) in [7, 11) is -3.96. The predicted octanol–water partition coefficient (Wildman–Crippen LogP) is 4.17. The number of carboxylic acids is 1. The van der Waals surface area contributed by atoms with E-state index in [-0.39, 0.29) is 40.0 Å². The first-order chi connectivity index (χ1) is 14.6. The molecule has 0 aliphatic heterocycles. The molecule has 0 spiro atoms. The van der Waals surface area contributed by atoms with Gasteiger partial charge in [0, 0.05) is 22.2 Å². The normalized spacial score (nSPS) is 14.2. The Hall–Kier alpha value is -1.42.